The Hall–Kier alpha value is -2.06. The topological polar surface area (TPSA) is 82.3 Å². The van der Waals surface area contributed by atoms with E-state index >= 15 is 0 Å². The van der Waals surface area contributed by atoms with Crippen molar-refractivity contribution >= 4 is 5.91 Å². The van der Waals surface area contributed by atoms with Gasteiger partial charge in [-0.25, -0.2) is 0 Å². The maximum atomic E-state index is 11.6. The molecule has 5 heteroatoms. The van der Waals surface area contributed by atoms with Crippen LogP contribution in [-0.4, -0.2) is 30.3 Å². The van der Waals surface area contributed by atoms with E-state index in [-0.39, 0.29) is 18.9 Å². The highest BCUT2D eigenvalue weighted by Gasteiger charge is 2.05. The molecule has 1 rings (SSSR count). The largest absolute Gasteiger partial charge is 0.479 e. The van der Waals surface area contributed by atoms with Gasteiger partial charge in [0, 0.05) is 6.54 Å². The fourth-order valence-corrected chi connectivity index (χ4v) is 1.53. The molecule has 5 nitrogen and oxygen atoms in total. The number of nitrogens with zero attached hydrogens (tertiary/aromatic N) is 1. The molecule has 0 radical (unpaired) electrons. The number of aliphatic hydroxyl groups is 1. The monoisotopic (exact) mass is 262 g/mol. The lowest BCUT2D eigenvalue weighted by molar-refractivity contribution is -0.120. The Balaban J connectivity index is 2.43. The Kier molecular flexibility index (Phi) is 6.41. The minimum Gasteiger partial charge on any atom is -0.479 e. The fourth-order valence-electron chi connectivity index (χ4n) is 1.53. The minimum atomic E-state index is -0.414. The summed E-state index contributed by atoms with van der Waals surface area (Å²) in [5.41, 5.74) is 0.824. The zero-order valence-corrected chi connectivity index (χ0v) is 10.9. The van der Waals surface area contributed by atoms with Crippen molar-refractivity contribution in [1.82, 2.24) is 5.32 Å². The average Bonchev–Trinajstić information content (AvgIpc) is 2.36. The Morgan fingerprint density at radius 2 is 2.37 bits per heavy atom. The molecule has 2 N–H and O–H groups in total. The zero-order chi connectivity index (χ0) is 14.1. The fraction of sp³-hybridized carbons (Fsp3) is 0.429. The van der Waals surface area contributed by atoms with Gasteiger partial charge in [-0.05, 0) is 31.0 Å². The van der Waals surface area contributed by atoms with Gasteiger partial charge >= 0.3 is 0 Å². The van der Waals surface area contributed by atoms with E-state index in [4.69, 9.17) is 15.1 Å². The van der Waals surface area contributed by atoms with Gasteiger partial charge in [-0.2, -0.15) is 5.26 Å². The maximum Gasteiger partial charge on any atom is 0.224 e. The van der Waals surface area contributed by atoms with Crippen LogP contribution in [-0.2, 0) is 11.2 Å². The number of amides is 1. The third-order valence-corrected chi connectivity index (χ3v) is 2.45. The smallest absolute Gasteiger partial charge is 0.224 e. The van der Waals surface area contributed by atoms with Crippen molar-refractivity contribution in [3.05, 3.63) is 29.8 Å². The normalized spacial score (nSPS) is 11.4. The van der Waals surface area contributed by atoms with Gasteiger partial charge in [0.25, 0.3) is 0 Å². The first-order valence-electron chi connectivity index (χ1n) is 6.15. The quantitative estimate of drug-likeness (QED) is 0.768. The predicted molar refractivity (Wildman–Crippen MR) is 70.6 cm³/mol. The molecule has 0 aliphatic heterocycles. The van der Waals surface area contributed by atoms with Crippen molar-refractivity contribution < 1.29 is 14.6 Å². The number of hydrogen-bond acceptors (Lipinski definition) is 4. The van der Waals surface area contributed by atoms with Crippen LogP contribution in [0.2, 0.25) is 0 Å². The first-order valence-corrected chi connectivity index (χ1v) is 6.15. The summed E-state index contributed by atoms with van der Waals surface area (Å²) in [5.74, 6) is 0.480. The number of carbonyl (C=O) groups excluding carboxylic acids is 1. The highest BCUT2D eigenvalue weighted by atomic mass is 16.5. The molecule has 0 aliphatic carbocycles. The molecule has 0 saturated heterocycles. The van der Waals surface area contributed by atoms with Gasteiger partial charge in [-0.1, -0.05) is 12.1 Å². The van der Waals surface area contributed by atoms with Crippen LogP contribution in [0.25, 0.3) is 0 Å². The molecular formula is C14H18N2O3. The third kappa shape index (κ3) is 6.43. The lowest BCUT2D eigenvalue weighted by Crippen LogP contribution is -2.27. The standard InChI is InChI=1S/C14H18N2O3/c1-11(17)5-7-16-14(18)10-12-3-2-4-13(9-12)19-8-6-15/h2-4,9,11,17H,5,7-8,10H2,1H3,(H,16,18). The van der Waals surface area contributed by atoms with Crippen LogP contribution in [0.4, 0.5) is 0 Å². The SMILES string of the molecule is CC(O)CCNC(=O)Cc1cccc(OCC#N)c1. The van der Waals surface area contributed by atoms with Gasteiger partial charge < -0.3 is 15.2 Å². The van der Waals surface area contributed by atoms with E-state index in [1.165, 1.54) is 0 Å². The van der Waals surface area contributed by atoms with Crippen LogP contribution in [0.5, 0.6) is 5.75 Å². The summed E-state index contributed by atoms with van der Waals surface area (Å²) in [5, 5.41) is 20.2. The molecule has 0 spiro atoms. The molecule has 1 aromatic rings. The molecule has 102 valence electrons. The van der Waals surface area contributed by atoms with Crippen molar-refractivity contribution in [1.29, 1.82) is 5.26 Å². The van der Waals surface area contributed by atoms with E-state index in [1.807, 2.05) is 12.1 Å². The highest BCUT2D eigenvalue weighted by molar-refractivity contribution is 5.78. The highest BCUT2D eigenvalue weighted by Crippen LogP contribution is 2.13. The van der Waals surface area contributed by atoms with Crippen molar-refractivity contribution in [3.63, 3.8) is 0 Å². The number of nitrogens with one attached hydrogen (secondary N) is 1. The van der Waals surface area contributed by atoms with Crippen molar-refractivity contribution in [2.75, 3.05) is 13.2 Å². The zero-order valence-electron chi connectivity index (χ0n) is 10.9. The van der Waals surface area contributed by atoms with Crippen molar-refractivity contribution in [2.45, 2.75) is 25.9 Å². The predicted octanol–water partition coefficient (Wildman–Crippen LogP) is 1.02. The Bertz CT molecular complexity index is 452. The summed E-state index contributed by atoms with van der Waals surface area (Å²) < 4.78 is 5.16. The summed E-state index contributed by atoms with van der Waals surface area (Å²) in [6.07, 6.45) is 0.378. The summed E-state index contributed by atoms with van der Waals surface area (Å²) >= 11 is 0. The number of rotatable bonds is 7. The molecule has 0 aliphatic rings. The van der Waals surface area contributed by atoms with Crippen LogP contribution in [0.15, 0.2) is 24.3 Å². The minimum absolute atomic E-state index is 0.00988. The molecule has 1 atom stereocenters. The van der Waals surface area contributed by atoms with Crippen LogP contribution in [0.1, 0.15) is 18.9 Å². The van der Waals surface area contributed by atoms with Gasteiger partial charge in [-0.15, -0.1) is 0 Å². The number of ether oxygens (including phenoxy) is 1. The van der Waals surface area contributed by atoms with Gasteiger partial charge in [-0.3, -0.25) is 4.79 Å². The molecule has 0 aromatic heterocycles. The van der Waals surface area contributed by atoms with Gasteiger partial charge in [0.2, 0.25) is 5.91 Å². The van der Waals surface area contributed by atoms with Gasteiger partial charge in [0.15, 0.2) is 6.61 Å². The summed E-state index contributed by atoms with van der Waals surface area (Å²) in [6, 6.07) is 8.98. The van der Waals surface area contributed by atoms with E-state index in [9.17, 15) is 4.79 Å². The molecule has 1 unspecified atom stereocenters. The molecule has 0 fully saturated rings. The second-order valence-corrected chi connectivity index (χ2v) is 4.26. The Morgan fingerprint density at radius 3 is 3.05 bits per heavy atom. The van der Waals surface area contributed by atoms with E-state index < -0.39 is 6.10 Å². The molecule has 1 aromatic carbocycles. The molecule has 1 amide bonds. The van der Waals surface area contributed by atoms with E-state index in [0.29, 0.717) is 18.7 Å². The van der Waals surface area contributed by atoms with Crippen LogP contribution in [0, 0.1) is 11.3 Å². The molecular weight excluding hydrogens is 244 g/mol. The number of carbonyl (C=O) groups is 1. The first-order chi connectivity index (χ1) is 9.11. The van der Waals surface area contributed by atoms with E-state index in [0.717, 1.165) is 5.56 Å². The number of aliphatic hydroxyl groups excluding tert-OH is 1. The number of hydrogen-bond donors (Lipinski definition) is 2. The molecule has 0 saturated carbocycles. The van der Waals surface area contributed by atoms with Crippen molar-refractivity contribution in [3.8, 4) is 11.8 Å². The van der Waals surface area contributed by atoms with Crippen LogP contribution >= 0.6 is 0 Å². The van der Waals surface area contributed by atoms with Gasteiger partial charge in [0.1, 0.15) is 11.8 Å². The Morgan fingerprint density at radius 1 is 1.58 bits per heavy atom. The van der Waals surface area contributed by atoms with E-state index in [1.54, 1.807) is 25.1 Å². The second kappa shape index (κ2) is 8.11. The number of nitriles is 1. The van der Waals surface area contributed by atoms with Crippen LogP contribution < -0.4 is 10.1 Å². The maximum absolute atomic E-state index is 11.6. The Labute approximate surface area is 112 Å². The molecule has 0 heterocycles. The van der Waals surface area contributed by atoms with E-state index in [2.05, 4.69) is 5.32 Å². The lowest BCUT2D eigenvalue weighted by atomic mass is 10.1. The van der Waals surface area contributed by atoms with Gasteiger partial charge in [0.05, 0.1) is 12.5 Å². The molecule has 0 bridgehead atoms. The summed E-state index contributed by atoms with van der Waals surface area (Å²) in [6.45, 7) is 2.13. The first kappa shape index (κ1) is 15.0. The van der Waals surface area contributed by atoms with Crippen LogP contribution in [0.3, 0.4) is 0 Å². The summed E-state index contributed by atoms with van der Waals surface area (Å²) in [4.78, 5) is 11.6. The molecule has 19 heavy (non-hydrogen) atoms. The second-order valence-electron chi connectivity index (χ2n) is 4.26. The summed E-state index contributed by atoms with van der Waals surface area (Å²) in [7, 11) is 0. The number of benzene rings is 1. The lowest BCUT2D eigenvalue weighted by Gasteiger charge is -2.08. The average molecular weight is 262 g/mol. The third-order valence-electron chi connectivity index (χ3n) is 2.45. The van der Waals surface area contributed by atoms with Crippen molar-refractivity contribution in [2.24, 2.45) is 0 Å².